The van der Waals surface area contributed by atoms with Gasteiger partial charge in [-0.3, -0.25) is 0 Å². The molecule has 0 aliphatic rings. The lowest BCUT2D eigenvalue weighted by Crippen LogP contribution is -2.09. The van der Waals surface area contributed by atoms with Crippen molar-refractivity contribution in [3.8, 4) is 5.75 Å². The van der Waals surface area contributed by atoms with E-state index >= 15 is 0 Å². The lowest BCUT2D eigenvalue weighted by Gasteiger charge is -2.14. The molecule has 0 radical (unpaired) electrons. The second kappa shape index (κ2) is 3.30. The van der Waals surface area contributed by atoms with E-state index in [0.717, 1.165) is 9.26 Å². The van der Waals surface area contributed by atoms with Crippen molar-refractivity contribution >= 4 is 28.3 Å². The van der Waals surface area contributed by atoms with Crippen LogP contribution in [0.5, 0.6) is 5.75 Å². The molecule has 2 nitrogen and oxygen atoms in total. The van der Waals surface area contributed by atoms with E-state index in [1.165, 1.54) is 0 Å². The molecule has 0 saturated carbocycles. The fraction of sp³-hybridized carbons (Fsp3) is 0.250. The minimum Gasteiger partial charge on any atom is -0.508 e. The van der Waals surface area contributed by atoms with Crippen molar-refractivity contribution in [3.63, 3.8) is 0 Å². The van der Waals surface area contributed by atoms with Gasteiger partial charge in [-0.2, -0.15) is 0 Å². The third-order valence-electron chi connectivity index (χ3n) is 1.41. The van der Waals surface area contributed by atoms with Gasteiger partial charge in [0.2, 0.25) is 0 Å². The van der Waals surface area contributed by atoms with Gasteiger partial charge in [0.05, 0.1) is 5.69 Å². The van der Waals surface area contributed by atoms with Crippen LogP contribution in [0.3, 0.4) is 0 Å². The summed E-state index contributed by atoms with van der Waals surface area (Å²) in [5.41, 5.74) is 1.05. The monoisotopic (exact) mass is 263 g/mol. The molecule has 0 aliphatic heterocycles. The van der Waals surface area contributed by atoms with Gasteiger partial charge in [-0.1, -0.05) is 0 Å². The Hall–Kier alpha value is -0.450. The van der Waals surface area contributed by atoms with Gasteiger partial charge in [0, 0.05) is 23.7 Å². The Bertz CT molecular complexity index is 260. The van der Waals surface area contributed by atoms with Crippen molar-refractivity contribution in [1.29, 1.82) is 0 Å². The highest BCUT2D eigenvalue weighted by Crippen LogP contribution is 2.24. The third kappa shape index (κ3) is 1.99. The van der Waals surface area contributed by atoms with E-state index in [1.807, 2.05) is 25.1 Å². The second-order valence-electron chi connectivity index (χ2n) is 2.53. The highest BCUT2D eigenvalue weighted by Gasteiger charge is 2.01. The topological polar surface area (TPSA) is 23.5 Å². The largest absolute Gasteiger partial charge is 0.508 e. The molecule has 1 aromatic carbocycles. The summed E-state index contributed by atoms with van der Waals surface area (Å²) in [7, 11) is 3.91. The maximum Gasteiger partial charge on any atom is 0.117 e. The van der Waals surface area contributed by atoms with E-state index in [-0.39, 0.29) is 0 Å². The molecule has 0 spiro atoms. The highest BCUT2D eigenvalue weighted by molar-refractivity contribution is 14.1. The lowest BCUT2D eigenvalue weighted by molar-refractivity contribution is 0.475. The molecule has 1 aromatic rings. The Kier molecular flexibility index (Phi) is 2.59. The highest BCUT2D eigenvalue weighted by atomic mass is 127. The standard InChI is InChI=1S/C8H10INO/c1-10(2)8-5-6(11)3-4-7(8)9/h3-5,11H,1-2H3. The molecular weight excluding hydrogens is 253 g/mol. The normalized spacial score (nSPS) is 9.73. The minimum absolute atomic E-state index is 0.314. The Morgan fingerprint density at radius 2 is 2.00 bits per heavy atom. The zero-order chi connectivity index (χ0) is 8.43. The van der Waals surface area contributed by atoms with Gasteiger partial charge < -0.3 is 10.0 Å². The Labute approximate surface area is 80.0 Å². The van der Waals surface area contributed by atoms with E-state index in [0.29, 0.717) is 5.75 Å². The number of phenolic OH excluding ortho intramolecular Hbond substituents is 1. The van der Waals surface area contributed by atoms with Crippen LogP contribution in [-0.2, 0) is 0 Å². The number of halogens is 1. The van der Waals surface area contributed by atoms with Crippen LogP contribution >= 0.6 is 22.6 Å². The molecule has 0 fully saturated rings. The summed E-state index contributed by atoms with van der Waals surface area (Å²) in [5.74, 6) is 0.314. The summed E-state index contributed by atoms with van der Waals surface area (Å²) in [6.45, 7) is 0. The molecule has 3 heteroatoms. The number of rotatable bonds is 1. The average Bonchev–Trinajstić information content (AvgIpc) is 1.94. The molecule has 0 bridgehead atoms. The van der Waals surface area contributed by atoms with Gasteiger partial charge in [0.25, 0.3) is 0 Å². The molecule has 0 saturated heterocycles. The molecule has 11 heavy (non-hydrogen) atoms. The average molecular weight is 263 g/mol. The number of nitrogens with zero attached hydrogens (tertiary/aromatic N) is 1. The number of hydrogen-bond acceptors (Lipinski definition) is 2. The Morgan fingerprint density at radius 1 is 1.36 bits per heavy atom. The zero-order valence-corrected chi connectivity index (χ0v) is 8.66. The first-order valence-electron chi connectivity index (χ1n) is 3.27. The predicted octanol–water partition coefficient (Wildman–Crippen LogP) is 2.06. The molecule has 0 aromatic heterocycles. The van der Waals surface area contributed by atoms with Gasteiger partial charge in [-0.25, -0.2) is 0 Å². The summed E-state index contributed by atoms with van der Waals surface area (Å²) in [5, 5.41) is 9.16. The smallest absolute Gasteiger partial charge is 0.117 e. The van der Waals surface area contributed by atoms with Gasteiger partial charge in [0.15, 0.2) is 0 Å². The molecular formula is C8H10INO. The molecule has 0 amide bonds. The summed E-state index contributed by atoms with van der Waals surface area (Å²) in [6, 6.07) is 5.34. The van der Waals surface area contributed by atoms with Crippen LogP contribution in [0.25, 0.3) is 0 Å². The van der Waals surface area contributed by atoms with Gasteiger partial charge >= 0.3 is 0 Å². The van der Waals surface area contributed by atoms with Crippen molar-refractivity contribution in [2.24, 2.45) is 0 Å². The van der Waals surface area contributed by atoms with Crippen LogP contribution in [-0.4, -0.2) is 19.2 Å². The molecule has 60 valence electrons. The van der Waals surface area contributed by atoms with Crippen molar-refractivity contribution in [1.82, 2.24) is 0 Å². The summed E-state index contributed by atoms with van der Waals surface area (Å²) < 4.78 is 1.14. The summed E-state index contributed by atoms with van der Waals surface area (Å²) in [4.78, 5) is 1.97. The quantitative estimate of drug-likeness (QED) is 0.784. The maximum atomic E-state index is 9.16. The summed E-state index contributed by atoms with van der Waals surface area (Å²) >= 11 is 2.24. The molecule has 1 N–H and O–H groups in total. The maximum absolute atomic E-state index is 9.16. The molecule has 0 aliphatic carbocycles. The van der Waals surface area contributed by atoms with Crippen LogP contribution in [0.2, 0.25) is 0 Å². The molecule has 0 atom stereocenters. The van der Waals surface area contributed by atoms with E-state index in [2.05, 4.69) is 22.6 Å². The van der Waals surface area contributed by atoms with Crippen LogP contribution in [0.1, 0.15) is 0 Å². The van der Waals surface area contributed by atoms with Gasteiger partial charge in [-0.05, 0) is 34.7 Å². The predicted molar refractivity (Wildman–Crippen MR) is 55.2 cm³/mol. The zero-order valence-electron chi connectivity index (χ0n) is 6.50. The fourth-order valence-electron chi connectivity index (χ4n) is 0.844. The van der Waals surface area contributed by atoms with Crippen LogP contribution in [0.4, 0.5) is 5.69 Å². The van der Waals surface area contributed by atoms with Crippen molar-refractivity contribution < 1.29 is 5.11 Å². The molecule has 0 unspecified atom stereocenters. The van der Waals surface area contributed by atoms with E-state index in [9.17, 15) is 0 Å². The van der Waals surface area contributed by atoms with Crippen LogP contribution < -0.4 is 4.90 Å². The number of hydrogen-bond donors (Lipinski definition) is 1. The van der Waals surface area contributed by atoms with Crippen molar-refractivity contribution in [2.45, 2.75) is 0 Å². The van der Waals surface area contributed by atoms with Gasteiger partial charge in [-0.15, -0.1) is 0 Å². The number of benzene rings is 1. The van der Waals surface area contributed by atoms with E-state index < -0.39 is 0 Å². The second-order valence-corrected chi connectivity index (χ2v) is 3.69. The van der Waals surface area contributed by atoms with E-state index in [1.54, 1.807) is 12.1 Å². The van der Waals surface area contributed by atoms with E-state index in [4.69, 9.17) is 5.11 Å². The lowest BCUT2D eigenvalue weighted by atomic mass is 10.3. The van der Waals surface area contributed by atoms with Gasteiger partial charge in [0.1, 0.15) is 5.75 Å². The SMILES string of the molecule is CN(C)c1cc(O)ccc1I. The Morgan fingerprint density at radius 3 is 2.45 bits per heavy atom. The number of phenols is 1. The minimum atomic E-state index is 0.314. The van der Waals surface area contributed by atoms with Crippen LogP contribution in [0.15, 0.2) is 18.2 Å². The third-order valence-corrected chi connectivity index (χ3v) is 2.32. The fourth-order valence-corrected chi connectivity index (χ4v) is 1.66. The molecule has 1 rings (SSSR count). The van der Waals surface area contributed by atoms with Crippen LogP contribution in [0, 0.1) is 3.57 Å². The number of anilines is 1. The Balaban J connectivity index is 3.13. The first kappa shape index (κ1) is 8.64. The first-order valence-corrected chi connectivity index (χ1v) is 4.35. The first-order chi connectivity index (χ1) is 5.11. The molecule has 0 heterocycles. The van der Waals surface area contributed by atoms with Crippen molar-refractivity contribution in [2.75, 3.05) is 19.0 Å². The van der Waals surface area contributed by atoms with Crippen molar-refractivity contribution in [3.05, 3.63) is 21.8 Å². The summed E-state index contributed by atoms with van der Waals surface area (Å²) in [6.07, 6.45) is 0. The number of aromatic hydroxyl groups is 1.